The second-order valence-electron chi connectivity index (χ2n) is 9.62. The Hall–Kier alpha value is -4.20. The van der Waals surface area contributed by atoms with Gasteiger partial charge in [0.05, 0.1) is 11.3 Å². The van der Waals surface area contributed by atoms with Crippen LogP contribution in [0.4, 0.5) is 26.3 Å². The van der Waals surface area contributed by atoms with Crippen molar-refractivity contribution in [2.24, 2.45) is 5.92 Å². The number of hydrogen-bond donors (Lipinski definition) is 2. The van der Waals surface area contributed by atoms with Crippen LogP contribution in [0.25, 0.3) is 11.4 Å². The molecule has 3 aromatic rings. The first-order chi connectivity index (χ1) is 19.6. The summed E-state index contributed by atoms with van der Waals surface area (Å²) in [6.45, 7) is 3.95. The van der Waals surface area contributed by atoms with Crippen molar-refractivity contribution < 1.29 is 50.9 Å². The Labute approximate surface area is 236 Å². The molecule has 4 rings (SSSR count). The summed E-state index contributed by atoms with van der Waals surface area (Å²) in [6, 6.07) is 12.3. The van der Waals surface area contributed by atoms with Crippen molar-refractivity contribution in [1.29, 1.82) is 0 Å². The minimum absolute atomic E-state index is 0.0666. The highest BCUT2D eigenvalue weighted by atomic mass is 19.4. The molecule has 0 spiro atoms. The predicted octanol–water partition coefficient (Wildman–Crippen LogP) is 5.84. The van der Waals surface area contributed by atoms with Crippen molar-refractivity contribution in [3.05, 3.63) is 77.1 Å². The Bertz CT molecular complexity index is 1380. The van der Waals surface area contributed by atoms with E-state index < -0.39 is 29.9 Å². The van der Waals surface area contributed by atoms with Crippen molar-refractivity contribution in [2.75, 3.05) is 13.1 Å². The quantitative estimate of drug-likeness (QED) is 0.311. The van der Waals surface area contributed by atoms with Gasteiger partial charge in [0.1, 0.15) is 12.4 Å². The Morgan fingerprint density at radius 2 is 1.67 bits per heavy atom. The van der Waals surface area contributed by atoms with E-state index in [0.717, 1.165) is 35.9 Å². The fraction of sp³-hybridized carbons (Fsp3) is 0.357. The van der Waals surface area contributed by atoms with Crippen LogP contribution in [0, 0.1) is 5.92 Å². The van der Waals surface area contributed by atoms with Crippen LogP contribution in [0.2, 0.25) is 0 Å². The minimum atomic E-state index is -5.08. The smallest absolute Gasteiger partial charge is 0.489 e. The van der Waals surface area contributed by atoms with E-state index in [9.17, 15) is 31.1 Å². The number of ether oxygens (including phenoxy) is 1. The van der Waals surface area contributed by atoms with Gasteiger partial charge in [0.2, 0.25) is 0 Å². The van der Waals surface area contributed by atoms with Gasteiger partial charge in [-0.1, -0.05) is 25.1 Å². The van der Waals surface area contributed by atoms with Crippen molar-refractivity contribution in [3.8, 4) is 17.1 Å². The van der Waals surface area contributed by atoms with E-state index in [0.29, 0.717) is 24.7 Å². The Morgan fingerprint density at radius 3 is 2.26 bits per heavy atom. The molecule has 0 saturated heterocycles. The highest BCUT2D eigenvalue weighted by molar-refractivity contribution is 5.73. The largest absolute Gasteiger partial charge is 0.490 e. The van der Waals surface area contributed by atoms with Crippen molar-refractivity contribution in [1.82, 2.24) is 14.9 Å². The summed E-state index contributed by atoms with van der Waals surface area (Å²) >= 11 is 0. The second kappa shape index (κ2) is 13.6. The van der Waals surface area contributed by atoms with Crippen LogP contribution in [0.1, 0.15) is 35.7 Å². The molecule has 14 heteroatoms. The molecule has 226 valence electrons. The summed E-state index contributed by atoms with van der Waals surface area (Å²) in [5.41, 5.74) is 2.17. The van der Waals surface area contributed by atoms with Crippen LogP contribution >= 0.6 is 0 Å². The number of alkyl halides is 6. The zero-order valence-electron chi connectivity index (χ0n) is 22.2. The molecule has 1 aromatic heterocycles. The summed E-state index contributed by atoms with van der Waals surface area (Å²) < 4.78 is 76.8. The van der Waals surface area contributed by atoms with Crippen molar-refractivity contribution in [3.63, 3.8) is 0 Å². The number of aromatic nitrogens is 2. The lowest BCUT2D eigenvalue weighted by atomic mass is 10.0. The highest BCUT2D eigenvalue weighted by Crippen LogP contribution is 2.32. The number of aliphatic carboxylic acids is 2. The Morgan fingerprint density at radius 1 is 1.02 bits per heavy atom. The summed E-state index contributed by atoms with van der Waals surface area (Å²) in [5, 5.41) is 16.1. The molecule has 2 N–H and O–H groups in total. The summed E-state index contributed by atoms with van der Waals surface area (Å²) in [4.78, 5) is 31.2. The maximum Gasteiger partial charge on any atom is 0.490 e. The first-order valence-corrected chi connectivity index (χ1v) is 12.6. The van der Waals surface area contributed by atoms with Crippen LogP contribution < -0.4 is 4.74 Å². The molecular formula is C28H27F6N3O5. The molecule has 0 fully saturated rings. The SMILES string of the molecule is CC(CC(=O)O)CN1CCc2nc(-c3ccc(OCc4ccccc4C(F)(F)F)cc3)ncc2C1.O=C(O)C(F)(F)F. The van der Waals surface area contributed by atoms with E-state index in [1.54, 1.807) is 30.3 Å². The molecule has 1 unspecified atom stereocenters. The monoisotopic (exact) mass is 599 g/mol. The fourth-order valence-electron chi connectivity index (χ4n) is 4.26. The topological polar surface area (TPSA) is 113 Å². The number of carbonyl (C=O) groups is 2. The fourth-order valence-corrected chi connectivity index (χ4v) is 4.26. The molecule has 2 heterocycles. The van der Waals surface area contributed by atoms with Crippen LogP contribution in [-0.4, -0.2) is 56.3 Å². The molecular weight excluding hydrogens is 572 g/mol. The number of hydrogen-bond acceptors (Lipinski definition) is 6. The second-order valence-corrected chi connectivity index (χ2v) is 9.62. The summed E-state index contributed by atoms with van der Waals surface area (Å²) in [7, 11) is 0. The number of nitrogens with zero attached hydrogens (tertiary/aromatic N) is 3. The minimum Gasteiger partial charge on any atom is -0.489 e. The van der Waals surface area contributed by atoms with Gasteiger partial charge >= 0.3 is 24.3 Å². The first kappa shape index (κ1) is 32.3. The number of benzene rings is 2. The first-order valence-electron chi connectivity index (χ1n) is 12.6. The van der Waals surface area contributed by atoms with Crippen LogP contribution in [0.5, 0.6) is 5.75 Å². The van der Waals surface area contributed by atoms with Gasteiger partial charge in [-0.05, 0) is 36.2 Å². The van der Waals surface area contributed by atoms with Crippen LogP contribution in [0.3, 0.4) is 0 Å². The third-order valence-corrected chi connectivity index (χ3v) is 6.18. The molecule has 42 heavy (non-hydrogen) atoms. The van der Waals surface area contributed by atoms with E-state index in [1.807, 2.05) is 13.1 Å². The third-order valence-electron chi connectivity index (χ3n) is 6.18. The third kappa shape index (κ3) is 9.43. The number of rotatable bonds is 8. The summed E-state index contributed by atoms with van der Waals surface area (Å²) in [5.74, 6) is -2.45. The van der Waals surface area contributed by atoms with E-state index in [4.69, 9.17) is 24.7 Å². The van der Waals surface area contributed by atoms with Crippen molar-refractivity contribution in [2.45, 2.75) is 45.3 Å². The van der Waals surface area contributed by atoms with Gasteiger partial charge in [-0.25, -0.2) is 14.8 Å². The zero-order valence-corrected chi connectivity index (χ0v) is 22.2. The van der Waals surface area contributed by atoms with Crippen LogP contribution in [-0.2, 0) is 35.3 Å². The molecule has 0 saturated carbocycles. The lowest BCUT2D eigenvalue weighted by molar-refractivity contribution is -0.192. The molecule has 0 radical (unpaired) electrons. The maximum absolute atomic E-state index is 13.2. The van der Waals surface area contributed by atoms with Gasteiger partial charge in [-0.15, -0.1) is 0 Å². The van der Waals surface area contributed by atoms with Crippen LogP contribution in [0.15, 0.2) is 54.7 Å². The van der Waals surface area contributed by atoms with Gasteiger partial charge in [-0.3, -0.25) is 9.69 Å². The molecule has 0 bridgehead atoms. The lowest BCUT2D eigenvalue weighted by Gasteiger charge is -2.29. The van der Waals surface area contributed by atoms with Gasteiger partial charge < -0.3 is 14.9 Å². The van der Waals surface area contributed by atoms with Gasteiger partial charge in [-0.2, -0.15) is 26.3 Å². The van der Waals surface area contributed by atoms with E-state index in [1.165, 1.54) is 12.1 Å². The standard InChI is InChI=1S/C26H26F3N3O3.C2HF3O2/c1-17(12-24(33)34)14-32-11-10-23-20(15-32)13-30-25(31-23)18-6-8-21(9-7-18)35-16-19-4-2-3-5-22(19)26(27,28)29;3-2(4,5)1(6)7/h2-9,13,17H,10-12,14-16H2,1H3,(H,33,34);(H,6,7). The highest BCUT2D eigenvalue weighted by Gasteiger charge is 2.38. The lowest BCUT2D eigenvalue weighted by Crippen LogP contribution is -2.35. The molecule has 1 aliphatic rings. The average molecular weight is 600 g/mol. The number of carboxylic acids is 2. The van der Waals surface area contributed by atoms with Gasteiger partial charge in [0.15, 0.2) is 5.82 Å². The van der Waals surface area contributed by atoms with Gasteiger partial charge in [0, 0.05) is 55.4 Å². The normalized spacial score (nSPS) is 14.3. The molecule has 8 nitrogen and oxygen atoms in total. The number of halogens is 6. The van der Waals surface area contributed by atoms with E-state index in [-0.39, 0.29) is 24.5 Å². The number of fused-ring (bicyclic) bond motifs is 1. The Kier molecular flexibility index (Phi) is 10.5. The van der Waals surface area contributed by atoms with Crippen molar-refractivity contribution >= 4 is 11.9 Å². The average Bonchev–Trinajstić information content (AvgIpc) is 2.91. The van der Waals surface area contributed by atoms with Gasteiger partial charge in [0.25, 0.3) is 0 Å². The molecule has 2 aromatic carbocycles. The summed E-state index contributed by atoms with van der Waals surface area (Å²) in [6.07, 6.45) is -6.80. The maximum atomic E-state index is 13.2. The predicted molar refractivity (Wildman–Crippen MR) is 137 cm³/mol. The Balaban J connectivity index is 0.000000616. The van der Waals surface area contributed by atoms with E-state index >= 15 is 0 Å². The number of carboxylic acid groups (broad SMARTS) is 2. The van der Waals surface area contributed by atoms with E-state index in [2.05, 4.69) is 9.88 Å². The zero-order chi connectivity index (χ0) is 31.1. The molecule has 1 aliphatic heterocycles. The molecule has 0 aliphatic carbocycles. The molecule has 1 atom stereocenters. The molecule has 0 amide bonds.